The van der Waals surface area contributed by atoms with Gasteiger partial charge in [0.05, 0.1) is 6.42 Å². The van der Waals surface area contributed by atoms with Crippen LogP contribution in [0.1, 0.15) is 65.7 Å². The van der Waals surface area contributed by atoms with E-state index in [1.165, 1.54) is 25.7 Å². The SMILES string of the molecule is CCCCCCCC(C)(C)OC(=O)CCS. The minimum atomic E-state index is -0.313. The first-order valence-electron chi connectivity index (χ1n) is 6.34. The van der Waals surface area contributed by atoms with Gasteiger partial charge in [-0.15, -0.1) is 0 Å². The molecule has 0 amide bonds. The van der Waals surface area contributed by atoms with Crippen molar-refractivity contribution in [2.45, 2.75) is 71.3 Å². The van der Waals surface area contributed by atoms with Crippen molar-refractivity contribution in [2.24, 2.45) is 0 Å². The highest BCUT2D eigenvalue weighted by Gasteiger charge is 2.21. The van der Waals surface area contributed by atoms with E-state index in [0.29, 0.717) is 12.2 Å². The minimum absolute atomic E-state index is 0.131. The van der Waals surface area contributed by atoms with Gasteiger partial charge in [-0.05, 0) is 26.7 Å². The Hall–Kier alpha value is -0.180. The van der Waals surface area contributed by atoms with Crippen LogP contribution in [0.25, 0.3) is 0 Å². The Bertz CT molecular complexity index is 190. The van der Waals surface area contributed by atoms with Crippen LogP contribution in [0.4, 0.5) is 0 Å². The lowest BCUT2D eigenvalue weighted by Gasteiger charge is -2.25. The first-order chi connectivity index (χ1) is 7.52. The molecule has 96 valence electrons. The number of rotatable bonds is 9. The third-order valence-corrected chi connectivity index (χ3v) is 2.81. The normalized spacial score (nSPS) is 11.5. The van der Waals surface area contributed by atoms with Crippen molar-refractivity contribution < 1.29 is 9.53 Å². The molecule has 0 bridgehead atoms. The van der Waals surface area contributed by atoms with Gasteiger partial charge in [-0.1, -0.05) is 32.6 Å². The highest BCUT2D eigenvalue weighted by Crippen LogP contribution is 2.20. The number of carbonyl (C=O) groups is 1. The van der Waals surface area contributed by atoms with Gasteiger partial charge in [0.1, 0.15) is 5.60 Å². The summed E-state index contributed by atoms with van der Waals surface area (Å²) in [5.41, 5.74) is -0.313. The van der Waals surface area contributed by atoms with Gasteiger partial charge in [0.25, 0.3) is 0 Å². The summed E-state index contributed by atoms with van der Waals surface area (Å²) < 4.78 is 5.40. The van der Waals surface area contributed by atoms with Gasteiger partial charge in [0.2, 0.25) is 0 Å². The molecule has 0 fully saturated rings. The van der Waals surface area contributed by atoms with E-state index < -0.39 is 0 Å². The summed E-state index contributed by atoms with van der Waals surface area (Å²) in [6.45, 7) is 6.19. The molecule has 0 atom stereocenters. The maximum absolute atomic E-state index is 11.3. The minimum Gasteiger partial charge on any atom is -0.460 e. The van der Waals surface area contributed by atoms with E-state index >= 15 is 0 Å². The zero-order valence-corrected chi connectivity index (χ0v) is 11.8. The monoisotopic (exact) mass is 246 g/mol. The standard InChI is InChI=1S/C13H26O2S/c1-4-5-6-7-8-10-13(2,3)15-12(14)9-11-16/h16H,4-11H2,1-3H3. The van der Waals surface area contributed by atoms with Crippen molar-refractivity contribution in [3.8, 4) is 0 Å². The topological polar surface area (TPSA) is 26.3 Å². The van der Waals surface area contributed by atoms with E-state index in [1.54, 1.807) is 0 Å². The molecule has 3 heteroatoms. The Kier molecular flexibility index (Phi) is 8.81. The van der Waals surface area contributed by atoms with E-state index in [0.717, 1.165) is 12.8 Å². The van der Waals surface area contributed by atoms with Crippen LogP contribution in [-0.2, 0) is 9.53 Å². The molecule has 16 heavy (non-hydrogen) atoms. The third kappa shape index (κ3) is 9.08. The average Bonchev–Trinajstić information content (AvgIpc) is 2.16. The number of hydrogen-bond acceptors (Lipinski definition) is 3. The van der Waals surface area contributed by atoms with Crippen molar-refractivity contribution >= 4 is 18.6 Å². The first kappa shape index (κ1) is 15.8. The predicted octanol–water partition coefficient (Wildman–Crippen LogP) is 3.99. The van der Waals surface area contributed by atoms with Crippen molar-refractivity contribution in [1.82, 2.24) is 0 Å². The van der Waals surface area contributed by atoms with Crippen LogP contribution in [0.5, 0.6) is 0 Å². The van der Waals surface area contributed by atoms with Crippen molar-refractivity contribution in [3.63, 3.8) is 0 Å². The van der Waals surface area contributed by atoms with E-state index in [9.17, 15) is 4.79 Å². The largest absolute Gasteiger partial charge is 0.460 e. The summed E-state index contributed by atoms with van der Waals surface area (Å²) in [5.74, 6) is 0.430. The summed E-state index contributed by atoms with van der Waals surface area (Å²) in [6.07, 6.45) is 7.59. The van der Waals surface area contributed by atoms with Crippen LogP contribution in [0.3, 0.4) is 0 Å². The molecule has 0 aromatic carbocycles. The molecule has 0 aliphatic heterocycles. The second-order valence-corrected chi connectivity index (χ2v) is 5.32. The maximum Gasteiger partial charge on any atom is 0.307 e. The average molecular weight is 246 g/mol. The molecule has 0 aromatic heterocycles. The van der Waals surface area contributed by atoms with Crippen molar-refractivity contribution in [3.05, 3.63) is 0 Å². The molecule has 0 saturated heterocycles. The zero-order chi connectivity index (χ0) is 12.4. The van der Waals surface area contributed by atoms with Gasteiger partial charge in [-0.2, -0.15) is 12.6 Å². The fourth-order valence-electron chi connectivity index (χ4n) is 1.66. The van der Waals surface area contributed by atoms with Crippen LogP contribution in [0.15, 0.2) is 0 Å². The summed E-state index contributed by atoms with van der Waals surface area (Å²) in [7, 11) is 0. The molecular formula is C13H26O2S. The second-order valence-electron chi connectivity index (χ2n) is 4.87. The highest BCUT2D eigenvalue weighted by atomic mass is 32.1. The molecule has 0 radical (unpaired) electrons. The van der Waals surface area contributed by atoms with Crippen molar-refractivity contribution in [1.29, 1.82) is 0 Å². The van der Waals surface area contributed by atoms with Crippen LogP contribution in [0.2, 0.25) is 0 Å². The number of carbonyl (C=O) groups excluding carboxylic acids is 1. The number of unbranched alkanes of at least 4 members (excludes halogenated alkanes) is 4. The molecule has 0 saturated carbocycles. The van der Waals surface area contributed by atoms with E-state index in [-0.39, 0.29) is 11.6 Å². The van der Waals surface area contributed by atoms with Crippen LogP contribution in [0, 0.1) is 0 Å². The molecule has 0 aliphatic carbocycles. The highest BCUT2D eigenvalue weighted by molar-refractivity contribution is 7.80. The fraction of sp³-hybridized carbons (Fsp3) is 0.923. The zero-order valence-electron chi connectivity index (χ0n) is 10.9. The van der Waals surface area contributed by atoms with Crippen LogP contribution < -0.4 is 0 Å². The van der Waals surface area contributed by atoms with Gasteiger partial charge in [-0.25, -0.2) is 0 Å². The molecule has 0 aliphatic rings. The molecule has 0 spiro atoms. The van der Waals surface area contributed by atoms with Crippen LogP contribution in [-0.4, -0.2) is 17.3 Å². The second kappa shape index (κ2) is 8.91. The van der Waals surface area contributed by atoms with E-state index in [1.807, 2.05) is 13.8 Å². The lowest BCUT2D eigenvalue weighted by atomic mass is 9.99. The van der Waals surface area contributed by atoms with Gasteiger partial charge >= 0.3 is 5.97 Å². The van der Waals surface area contributed by atoms with Gasteiger partial charge in [0.15, 0.2) is 0 Å². The summed E-state index contributed by atoms with van der Waals surface area (Å²) in [5, 5.41) is 0. The first-order valence-corrected chi connectivity index (χ1v) is 6.98. The molecule has 0 unspecified atom stereocenters. The smallest absolute Gasteiger partial charge is 0.307 e. The van der Waals surface area contributed by atoms with Gasteiger partial charge in [-0.3, -0.25) is 4.79 Å². The Balaban J connectivity index is 3.65. The molecular weight excluding hydrogens is 220 g/mol. The van der Waals surface area contributed by atoms with E-state index in [2.05, 4.69) is 19.6 Å². The number of hydrogen-bond donors (Lipinski definition) is 1. The number of thiol groups is 1. The molecule has 2 nitrogen and oxygen atoms in total. The fourth-order valence-corrected chi connectivity index (χ4v) is 1.84. The molecule has 0 N–H and O–H groups in total. The number of esters is 1. The van der Waals surface area contributed by atoms with E-state index in [4.69, 9.17) is 4.74 Å². The lowest BCUT2D eigenvalue weighted by molar-refractivity contribution is -0.156. The summed E-state index contributed by atoms with van der Waals surface area (Å²) in [6, 6.07) is 0. The van der Waals surface area contributed by atoms with Gasteiger partial charge in [0, 0.05) is 5.75 Å². The number of ether oxygens (including phenoxy) is 1. The quantitative estimate of drug-likeness (QED) is 0.378. The summed E-state index contributed by atoms with van der Waals surface area (Å²) >= 11 is 4.02. The predicted molar refractivity (Wildman–Crippen MR) is 72.0 cm³/mol. The van der Waals surface area contributed by atoms with Crippen molar-refractivity contribution in [2.75, 3.05) is 5.75 Å². The molecule has 0 rings (SSSR count). The lowest BCUT2D eigenvalue weighted by Crippen LogP contribution is -2.28. The molecule has 0 heterocycles. The molecule has 0 aromatic rings. The van der Waals surface area contributed by atoms with Gasteiger partial charge < -0.3 is 4.74 Å². The van der Waals surface area contributed by atoms with Crippen LogP contribution >= 0.6 is 12.6 Å². The third-order valence-electron chi connectivity index (χ3n) is 2.59. The Morgan fingerprint density at radius 3 is 2.38 bits per heavy atom. The Morgan fingerprint density at radius 2 is 1.81 bits per heavy atom. The maximum atomic E-state index is 11.3. The Labute approximate surface area is 106 Å². The Morgan fingerprint density at radius 1 is 1.19 bits per heavy atom. The summed E-state index contributed by atoms with van der Waals surface area (Å²) in [4.78, 5) is 11.3.